The van der Waals surface area contributed by atoms with Gasteiger partial charge < -0.3 is 4.74 Å². The van der Waals surface area contributed by atoms with Gasteiger partial charge in [-0.2, -0.15) is 5.10 Å². The van der Waals surface area contributed by atoms with Crippen molar-refractivity contribution in [2.45, 2.75) is 12.5 Å². The Morgan fingerprint density at radius 1 is 0.923 bits per heavy atom. The lowest BCUT2D eigenvalue weighted by molar-refractivity contribution is -0.384. The third-order valence-electron chi connectivity index (χ3n) is 6.70. The molecule has 1 aromatic heterocycles. The number of ether oxygens (including phenoxy) is 1. The Balaban J connectivity index is 1.53. The van der Waals surface area contributed by atoms with Gasteiger partial charge in [0.2, 0.25) is 5.95 Å². The van der Waals surface area contributed by atoms with Crippen molar-refractivity contribution in [3.05, 3.63) is 123 Å². The van der Waals surface area contributed by atoms with Crippen LogP contribution in [0.25, 0.3) is 22.2 Å². The minimum absolute atomic E-state index is 0.0274. The molecular formula is C30H22BrN5O3. The molecule has 5 aromatic rings. The fourth-order valence-corrected chi connectivity index (χ4v) is 5.13. The van der Waals surface area contributed by atoms with Crippen LogP contribution in [0.3, 0.4) is 0 Å². The summed E-state index contributed by atoms with van der Waals surface area (Å²) in [5.74, 6) is 1.17. The molecule has 6 rings (SSSR count). The van der Waals surface area contributed by atoms with E-state index in [1.165, 1.54) is 6.07 Å². The van der Waals surface area contributed by atoms with E-state index in [1.807, 2.05) is 78.9 Å². The average molecular weight is 580 g/mol. The van der Waals surface area contributed by atoms with Gasteiger partial charge in [0.1, 0.15) is 5.75 Å². The number of hydrogen-bond acceptors (Lipinski definition) is 7. The van der Waals surface area contributed by atoms with Crippen LogP contribution in [0.5, 0.6) is 5.75 Å². The molecule has 0 aliphatic carbocycles. The zero-order chi connectivity index (χ0) is 26.9. The highest BCUT2D eigenvalue weighted by Gasteiger charge is 2.33. The van der Waals surface area contributed by atoms with Crippen LogP contribution in [0.15, 0.2) is 107 Å². The maximum absolute atomic E-state index is 11.6. The summed E-state index contributed by atoms with van der Waals surface area (Å²) >= 11 is 3.57. The fourth-order valence-electron chi connectivity index (χ4n) is 4.76. The van der Waals surface area contributed by atoms with Crippen molar-refractivity contribution in [1.29, 1.82) is 0 Å². The number of anilines is 1. The first-order valence-electron chi connectivity index (χ1n) is 12.3. The molecule has 0 spiro atoms. The second kappa shape index (κ2) is 10.3. The molecule has 0 unspecified atom stereocenters. The molecule has 0 fully saturated rings. The van der Waals surface area contributed by atoms with E-state index in [-0.39, 0.29) is 16.7 Å². The molecule has 1 atom stereocenters. The molecule has 1 aliphatic heterocycles. The van der Waals surface area contributed by atoms with E-state index < -0.39 is 0 Å². The lowest BCUT2D eigenvalue weighted by atomic mass is 9.98. The number of non-ortho nitro benzene ring substituents is 1. The Hall–Kier alpha value is -4.63. The van der Waals surface area contributed by atoms with E-state index in [1.54, 1.807) is 24.3 Å². The minimum Gasteiger partial charge on any atom is -0.497 e. The SMILES string of the molecule is COc1ccc(C2=NN(c3nc(-c4ccccc4)c4cc(Br)ccc4n3)[C@@H](c3cccc([N+](=O)[O-])c3)C2)cc1. The molecule has 0 amide bonds. The van der Waals surface area contributed by atoms with E-state index in [0.717, 1.165) is 49.2 Å². The summed E-state index contributed by atoms with van der Waals surface area (Å²) in [5.41, 5.74) is 5.05. The first-order valence-corrected chi connectivity index (χ1v) is 13.1. The van der Waals surface area contributed by atoms with Crippen LogP contribution in [-0.2, 0) is 0 Å². The highest BCUT2D eigenvalue weighted by atomic mass is 79.9. The van der Waals surface area contributed by atoms with Gasteiger partial charge >= 0.3 is 0 Å². The van der Waals surface area contributed by atoms with E-state index >= 15 is 0 Å². The first-order chi connectivity index (χ1) is 19.0. The topological polar surface area (TPSA) is 93.8 Å². The predicted molar refractivity (Wildman–Crippen MR) is 155 cm³/mol. The highest BCUT2D eigenvalue weighted by molar-refractivity contribution is 9.10. The van der Waals surface area contributed by atoms with E-state index in [4.69, 9.17) is 19.8 Å². The number of benzene rings is 4. The Kier molecular flexibility index (Phi) is 6.50. The molecule has 4 aromatic carbocycles. The number of halogens is 1. The molecule has 192 valence electrons. The molecule has 8 nitrogen and oxygen atoms in total. The molecule has 2 heterocycles. The number of methoxy groups -OCH3 is 1. The molecule has 0 saturated carbocycles. The molecule has 39 heavy (non-hydrogen) atoms. The number of aromatic nitrogens is 2. The van der Waals surface area contributed by atoms with Gasteiger partial charge in [-0.15, -0.1) is 0 Å². The Morgan fingerprint density at radius 2 is 1.72 bits per heavy atom. The first kappa shape index (κ1) is 24.7. The van der Waals surface area contributed by atoms with Crippen LogP contribution >= 0.6 is 15.9 Å². The van der Waals surface area contributed by atoms with E-state index in [2.05, 4.69) is 15.9 Å². The zero-order valence-electron chi connectivity index (χ0n) is 20.9. The zero-order valence-corrected chi connectivity index (χ0v) is 22.4. The molecule has 0 N–H and O–H groups in total. The van der Waals surface area contributed by atoms with Gasteiger partial charge in [-0.1, -0.05) is 58.4 Å². The van der Waals surface area contributed by atoms with Crippen LogP contribution < -0.4 is 9.75 Å². The van der Waals surface area contributed by atoms with Gasteiger partial charge in [-0.05, 0) is 53.6 Å². The number of nitrogens with zero attached hydrogens (tertiary/aromatic N) is 5. The number of hydrogen-bond donors (Lipinski definition) is 0. The summed E-state index contributed by atoms with van der Waals surface area (Å²) in [5, 5.41) is 19.2. The number of nitro benzene ring substituents is 1. The van der Waals surface area contributed by atoms with Crippen LogP contribution in [0.1, 0.15) is 23.6 Å². The van der Waals surface area contributed by atoms with Crippen LogP contribution in [0.4, 0.5) is 11.6 Å². The highest BCUT2D eigenvalue weighted by Crippen LogP contribution is 2.39. The van der Waals surface area contributed by atoms with Crippen molar-refractivity contribution in [2.75, 3.05) is 12.1 Å². The van der Waals surface area contributed by atoms with Gasteiger partial charge in [0.25, 0.3) is 5.69 Å². The van der Waals surface area contributed by atoms with Crippen LogP contribution in [0.2, 0.25) is 0 Å². The molecule has 0 saturated heterocycles. The van der Waals surface area contributed by atoms with Crippen LogP contribution in [-0.4, -0.2) is 27.7 Å². The minimum atomic E-state index is -0.383. The molecule has 9 heteroatoms. The van der Waals surface area contributed by atoms with Crippen LogP contribution in [0, 0.1) is 10.1 Å². The summed E-state index contributed by atoms with van der Waals surface area (Å²) in [6.45, 7) is 0. The smallest absolute Gasteiger partial charge is 0.269 e. The summed E-state index contributed by atoms with van der Waals surface area (Å²) in [4.78, 5) is 21.1. The maximum Gasteiger partial charge on any atom is 0.269 e. The van der Waals surface area contributed by atoms with E-state index in [0.29, 0.717) is 12.4 Å². The van der Waals surface area contributed by atoms with Crippen molar-refractivity contribution in [1.82, 2.24) is 9.97 Å². The summed E-state index contributed by atoms with van der Waals surface area (Å²) in [6.07, 6.45) is 0.524. The Labute approximate surface area is 232 Å². The summed E-state index contributed by atoms with van der Waals surface area (Å²) in [6, 6.07) is 29.9. The van der Waals surface area contributed by atoms with Crippen molar-refractivity contribution in [2.24, 2.45) is 5.10 Å². The second-order valence-electron chi connectivity index (χ2n) is 9.09. The quantitative estimate of drug-likeness (QED) is 0.154. The van der Waals surface area contributed by atoms with Gasteiger partial charge in [-0.3, -0.25) is 10.1 Å². The largest absolute Gasteiger partial charge is 0.497 e. The van der Waals surface area contributed by atoms with Crippen molar-refractivity contribution < 1.29 is 9.66 Å². The third kappa shape index (κ3) is 4.84. The Bertz CT molecular complexity index is 1720. The average Bonchev–Trinajstić information content (AvgIpc) is 3.43. The van der Waals surface area contributed by atoms with Gasteiger partial charge in [0.15, 0.2) is 0 Å². The van der Waals surface area contributed by atoms with Crippen molar-refractivity contribution in [3.63, 3.8) is 0 Å². The predicted octanol–water partition coefficient (Wildman–Crippen LogP) is 7.33. The van der Waals surface area contributed by atoms with Gasteiger partial charge in [0.05, 0.1) is 35.0 Å². The lowest BCUT2D eigenvalue weighted by Crippen LogP contribution is -2.21. The van der Waals surface area contributed by atoms with Gasteiger partial charge in [0, 0.05) is 34.0 Å². The summed E-state index contributed by atoms with van der Waals surface area (Å²) < 4.78 is 6.24. The number of fused-ring (bicyclic) bond motifs is 1. The molecule has 0 bridgehead atoms. The van der Waals surface area contributed by atoms with Gasteiger partial charge in [-0.25, -0.2) is 15.0 Å². The van der Waals surface area contributed by atoms with Crippen molar-refractivity contribution in [3.8, 4) is 17.0 Å². The standard InChI is InChI=1S/C30H22BrN5O3/c1-39-24-13-10-19(11-14-24)27-18-28(21-8-5-9-23(16-21)36(37)38)35(34-27)30-32-26-15-12-22(31)17-25(26)29(33-30)20-6-3-2-4-7-20/h2-17,28H,18H2,1H3/t28-/m1/s1. The Morgan fingerprint density at radius 3 is 2.46 bits per heavy atom. The molecule has 1 aliphatic rings. The van der Waals surface area contributed by atoms with Crippen molar-refractivity contribution >= 4 is 44.2 Å². The lowest BCUT2D eigenvalue weighted by Gasteiger charge is -2.23. The van der Waals surface area contributed by atoms with E-state index in [9.17, 15) is 10.1 Å². The molecular weight excluding hydrogens is 558 g/mol. The fraction of sp³-hybridized carbons (Fsp3) is 0.100. The molecule has 0 radical (unpaired) electrons. The monoisotopic (exact) mass is 579 g/mol. The number of nitro groups is 1. The second-order valence-corrected chi connectivity index (χ2v) is 10.0. The maximum atomic E-state index is 11.6. The summed E-state index contributed by atoms with van der Waals surface area (Å²) in [7, 11) is 1.63. The normalized spacial score (nSPS) is 14.9. The number of hydrazone groups is 1. The third-order valence-corrected chi connectivity index (χ3v) is 7.19. The number of rotatable bonds is 6.